The van der Waals surface area contributed by atoms with Crippen molar-refractivity contribution in [3.8, 4) is 5.75 Å². The van der Waals surface area contributed by atoms with Crippen LogP contribution in [0.15, 0.2) is 60.7 Å². The van der Waals surface area contributed by atoms with E-state index in [1.807, 2.05) is 38.3 Å². The number of ether oxygens (including phenoxy) is 1. The lowest BCUT2D eigenvalue weighted by Gasteiger charge is -2.22. The van der Waals surface area contributed by atoms with Crippen LogP contribution in [0.3, 0.4) is 0 Å². The summed E-state index contributed by atoms with van der Waals surface area (Å²) in [6.45, 7) is 8.21. The number of hydroxylamine groups is 2. The maximum absolute atomic E-state index is 9.68. The van der Waals surface area contributed by atoms with Crippen LogP contribution in [-0.2, 0) is 6.42 Å². The van der Waals surface area contributed by atoms with Gasteiger partial charge in [0.05, 0.1) is 6.54 Å². The third-order valence-electron chi connectivity index (χ3n) is 3.66. The monoisotopic (exact) mass is 339 g/mol. The minimum Gasteiger partial charge on any atom is -0.489 e. The highest BCUT2D eigenvalue weighted by Crippen LogP contribution is 2.28. The molecule has 0 atom stereocenters. The Morgan fingerprint density at radius 2 is 2.12 bits per heavy atom. The van der Waals surface area contributed by atoms with E-state index in [2.05, 4.69) is 29.8 Å². The highest BCUT2D eigenvalue weighted by Gasteiger charge is 2.14. The second-order valence-electron chi connectivity index (χ2n) is 5.55. The summed E-state index contributed by atoms with van der Waals surface area (Å²) in [5.74, 6) is 0.960. The Hall–Kier alpha value is -2.79. The fourth-order valence-electron chi connectivity index (χ4n) is 2.51. The first kappa shape index (κ1) is 18.5. The van der Waals surface area contributed by atoms with Gasteiger partial charge in [-0.2, -0.15) is 0 Å². The van der Waals surface area contributed by atoms with E-state index in [0.717, 1.165) is 33.9 Å². The zero-order valence-electron chi connectivity index (χ0n) is 14.8. The van der Waals surface area contributed by atoms with E-state index < -0.39 is 0 Å². The maximum atomic E-state index is 9.68. The van der Waals surface area contributed by atoms with E-state index in [0.29, 0.717) is 6.61 Å². The van der Waals surface area contributed by atoms with Gasteiger partial charge in [-0.25, -0.2) is 5.06 Å². The molecule has 1 aromatic heterocycles. The standard InChI is InChI=1S/C18H19N3O2.C2H6/c1-13(19)21(22)11-16-9-17-8-14(4-5-18(17)23-12-16)7-15-3-2-6-20-10-15;1-2/h2-6,8-10,22H,1,7,11-12,19H2;1-2H3. The van der Waals surface area contributed by atoms with Gasteiger partial charge in [-0.1, -0.05) is 32.6 Å². The van der Waals surface area contributed by atoms with Crippen LogP contribution in [-0.4, -0.2) is 28.4 Å². The Balaban J connectivity index is 0.00000109. The third-order valence-corrected chi connectivity index (χ3v) is 3.66. The lowest BCUT2D eigenvalue weighted by Crippen LogP contribution is -2.27. The van der Waals surface area contributed by atoms with E-state index in [-0.39, 0.29) is 12.4 Å². The zero-order valence-corrected chi connectivity index (χ0v) is 14.8. The summed E-state index contributed by atoms with van der Waals surface area (Å²) in [6, 6.07) is 10.1. The fourth-order valence-corrected chi connectivity index (χ4v) is 2.51. The van der Waals surface area contributed by atoms with E-state index in [1.165, 1.54) is 5.56 Å². The molecule has 2 heterocycles. The van der Waals surface area contributed by atoms with Crippen LogP contribution in [0.2, 0.25) is 0 Å². The van der Waals surface area contributed by atoms with Gasteiger partial charge in [-0.15, -0.1) is 0 Å². The van der Waals surface area contributed by atoms with Crippen molar-refractivity contribution in [2.24, 2.45) is 5.73 Å². The zero-order chi connectivity index (χ0) is 18.2. The summed E-state index contributed by atoms with van der Waals surface area (Å²) >= 11 is 0. The molecule has 132 valence electrons. The average molecular weight is 339 g/mol. The summed E-state index contributed by atoms with van der Waals surface area (Å²) in [4.78, 5) is 4.14. The van der Waals surface area contributed by atoms with Crippen molar-refractivity contribution in [2.75, 3.05) is 13.2 Å². The van der Waals surface area contributed by atoms with Crippen LogP contribution in [0, 0.1) is 0 Å². The summed E-state index contributed by atoms with van der Waals surface area (Å²) in [5, 5.41) is 10.6. The molecule has 3 rings (SSSR count). The van der Waals surface area contributed by atoms with Gasteiger partial charge in [0.1, 0.15) is 18.2 Å². The Kier molecular flexibility index (Phi) is 6.60. The predicted octanol–water partition coefficient (Wildman–Crippen LogP) is 3.60. The van der Waals surface area contributed by atoms with Crippen LogP contribution < -0.4 is 10.5 Å². The number of pyridine rings is 1. The highest BCUT2D eigenvalue weighted by molar-refractivity contribution is 5.63. The van der Waals surface area contributed by atoms with Crippen molar-refractivity contribution in [1.29, 1.82) is 0 Å². The van der Waals surface area contributed by atoms with Crippen LogP contribution in [0.25, 0.3) is 6.08 Å². The fraction of sp³-hybridized carbons (Fsp3) is 0.250. The van der Waals surface area contributed by atoms with Crippen LogP contribution >= 0.6 is 0 Å². The number of hydrogen-bond acceptors (Lipinski definition) is 5. The van der Waals surface area contributed by atoms with Crippen molar-refractivity contribution in [2.45, 2.75) is 20.3 Å². The van der Waals surface area contributed by atoms with E-state index in [9.17, 15) is 5.21 Å². The maximum Gasteiger partial charge on any atom is 0.127 e. The molecule has 0 spiro atoms. The molecular formula is C20H25N3O2. The normalized spacial score (nSPS) is 12.0. The molecule has 0 fully saturated rings. The summed E-state index contributed by atoms with van der Waals surface area (Å²) in [7, 11) is 0. The largest absolute Gasteiger partial charge is 0.489 e. The Labute approximate surface area is 149 Å². The van der Waals surface area contributed by atoms with Crippen molar-refractivity contribution >= 4 is 6.08 Å². The number of hydrogen-bond donors (Lipinski definition) is 2. The number of fused-ring (bicyclic) bond motifs is 1. The molecule has 0 aliphatic carbocycles. The average Bonchev–Trinajstić information content (AvgIpc) is 2.64. The Morgan fingerprint density at radius 1 is 1.32 bits per heavy atom. The molecule has 25 heavy (non-hydrogen) atoms. The number of benzene rings is 1. The molecule has 0 unspecified atom stereocenters. The second kappa shape index (κ2) is 8.89. The lowest BCUT2D eigenvalue weighted by atomic mass is 10.0. The molecule has 0 saturated heterocycles. The summed E-state index contributed by atoms with van der Waals surface area (Å²) < 4.78 is 5.73. The van der Waals surface area contributed by atoms with E-state index in [1.54, 1.807) is 6.20 Å². The van der Waals surface area contributed by atoms with Gasteiger partial charge in [0.2, 0.25) is 0 Å². The molecular weight excluding hydrogens is 314 g/mol. The first-order chi connectivity index (χ1) is 12.1. The molecule has 5 nitrogen and oxygen atoms in total. The topological polar surface area (TPSA) is 71.6 Å². The Bertz CT molecular complexity index is 742. The minimum atomic E-state index is 0.113. The Morgan fingerprint density at radius 3 is 2.80 bits per heavy atom. The first-order valence-corrected chi connectivity index (χ1v) is 8.36. The van der Waals surface area contributed by atoms with Gasteiger partial charge in [-0.05, 0) is 47.4 Å². The molecule has 3 N–H and O–H groups in total. The third kappa shape index (κ3) is 5.09. The van der Waals surface area contributed by atoms with Gasteiger partial charge in [0.25, 0.3) is 0 Å². The van der Waals surface area contributed by atoms with Crippen LogP contribution in [0.1, 0.15) is 30.5 Å². The summed E-state index contributed by atoms with van der Waals surface area (Å²) in [5.41, 5.74) is 9.75. The highest BCUT2D eigenvalue weighted by atomic mass is 16.5. The van der Waals surface area contributed by atoms with Gasteiger partial charge < -0.3 is 10.5 Å². The molecule has 0 amide bonds. The van der Waals surface area contributed by atoms with Crippen LogP contribution in [0.5, 0.6) is 5.75 Å². The van der Waals surface area contributed by atoms with Gasteiger partial charge in [-0.3, -0.25) is 10.2 Å². The van der Waals surface area contributed by atoms with Crippen molar-refractivity contribution < 1.29 is 9.94 Å². The van der Waals surface area contributed by atoms with Gasteiger partial charge in [0, 0.05) is 18.0 Å². The van der Waals surface area contributed by atoms with Gasteiger partial charge >= 0.3 is 0 Å². The van der Waals surface area contributed by atoms with Crippen molar-refractivity contribution in [3.63, 3.8) is 0 Å². The summed E-state index contributed by atoms with van der Waals surface area (Å²) in [6.07, 6.45) is 6.48. The smallest absolute Gasteiger partial charge is 0.127 e. The molecule has 1 aromatic carbocycles. The number of aromatic nitrogens is 1. The SMILES string of the molecule is C=C(N)N(O)CC1=Cc2cc(Cc3cccnc3)ccc2OC1.CC. The second-order valence-corrected chi connectivity index (χ2v) is 5.55. The number of rotatable bonds is 5. The molecule has 2 aromatic rings. The van der Waals surface area contributed by atoms with E-state index >= 15 is 0 Å². The number of nitrogens with two attached hydrogens (primary N) is 1. The van der Waals surface area contributed by atoms with E-state index in [4.69, 9.17) is 10.5 Å². The quantitative estimate of drug-likeness (QED) is 0.815. The molecule has 1 aliphatic heterocycles. The van der Waals surface area contributed by atoms with Crippen LogP contribution in [0.4, 0.5) is 0 Å². The van der Waals surface area contributed by atoms with Crippen molar-refractivity contribution in [1.82, 2.24) is 10.0 Å². The first-order valence-electron chi connectivity index (χ1n) is 8.36. The van der Waals surface area contributed by atoms with Gasteiger partial charge in [0.15, 0.2) is 0 Å². The molecule has 1 aliphatic rings. The molecule has 0 radical (unpaired) electrons. The molecule has 0 bridgehead atoms. The van der Waals surface area contributed by atoms with Crippen molar-refractivity contribution in [3.05, 3.63) is 77.4 Å². The lowest BCUT2D eigenvalue weighted by molar-refractivity contribution is -0.0485. The number of nitrogens with zero attached hydrogens (tertiary/aromatic N) is 2. The molecule has 0 saturated carbocycles. The predicted molar refractivity (Wildman–Crippen MR) is 100 cm³/mol. The molecule has 5 heteroatoms. The minimum absolute atomic E-state index is 0.113.